The predicted octanol–water partition coefficient (Wildman–Crippen LogP) is 2.43. The summed E-state index contributed by atoms with van der Waals surface area (Å²) in [7, 11) is 0. The average molecular weight is 313 g/mol. The van der Waals surface area contributed by atoms with Gasteiger partial charge in [-0.2, -0.15) is 10.4 Å². The number of aromatic nitrogens is 2. The number of nitro benzene ring substituents is 1. The molecule has 2 rings (SSSR count). The maximum atomic E-state index is 12.1. The molecule has 1 N–H and O–H groups in total. The van der Waals surface area contributed by atoms with E-state index in [2.05, 4.69) is 10.4 Å². The summed E-state index contributed by atoms with van der Waals surface area (Å²) in [5.74, 6) is -0.201. The summed E-state index contributed by atoms with van der Waals surface area (Å²) in [5, 5.41) is 26.6. The Bertz CT molecular complexity index is 789. The van der Waals surface area contributed by atoms with Gasteiger partial charge in [0.05, 0.1) is 11.3 Å². The van der Waals surface area contributed by atoms with Gasteiger partial charge in [-0.05, 0) is 19.4 Å². The first kappa shape index (κ1) is 16.2. The van der Waals surface area contributed by atoms with Gasteiger partial charge in [0.15, 0.2) is 5.82 Å². The highest BCUT2D eigenvalue weighted by Gasteiger charge is 2.14. The number of nitrogens with one attached hydrogen (secondary N) is 1. The van der Waals surface area contributed by atoms with Crippen molar-refractivity contribution in [1.82, 2.24) is 9.78 Å². The number of nitro groups is 1. The molecule has 8 heteroatoms. The number of hydrogen-bond acceptors (Lipinski definition) is 5. The summed E-state index contributed by atoms with van der Waals surface area (Å²) in [4.78, 5) is 22.3. The molecular weight excluding hydrogens is 298 g/mol. The lowest BCUT2D eigenvalue weighted by atomic mass is 10.1. The lowest BCUT2D eigenvalue weighted by Crippen LogP contribution is -2.16. The van der Waals surface area contributed by atoms with Crippen molar-refractivity contribution in [3.05, 3.63) is 51.7 Å². The molecule has 1 amide bonds. The van der Waals surface area contributed by atoms with Crippen molar-refractivity contribution in [2.75, 3.05) is 5.32 Å². The molecule has 0 saturated heterocycles. The second-order valence-corrected chi connectivity index (χ2v) is 5.23. The van der Waals surface area contributed by atoms with Crippen LogP contribution < -0.4 is 5.32 Å². The molecule has 0 unspecified atom stereocenters. The zero-order valence-corrected chi connectivity index (χ0v) is 12.7. The van der Waals surface area contributed by atoms with Crippen LogP contribution in [0.4, 0.5) is 11.5 Å². The van der Waals surface area contributed by atoms with Crippen molar-refractivity contribution in [2.24, 2.45) is 0 Å². The molecule has 0 spiro atoms. The minimum Gasteiger partial charge on any atom is -0.308 e. The Morgan fingerprint density at radius 3 is 2.87 bits per heavy atom. The first-order valence-corrected chi connectivity index (χ1v) is 6.93. The van der Waals surface area contributed by atoms with Crippen LogP contribution in [-0.4, -0.2) is 20.6 Å². The van der Waals surface area contributed by atoms with Gasteiger partial charge in [0.2, 0.25) is 5.91 Å². The molecule has 0 fully saturated rings. The van der Waals surface area contributed by atoms with Gasteiger partial charge in [-0.1, -0.05) is 12.1 Å². The summed E-state index contributed by atoms with van der Waals surface area (Å²) < 4.78 is 1.58. The van der Waals surface area contributed by atoms with E-state index in [4.69, 9.17) is 5.26 Å². The largest absolute Gasteiger partial charge is 0.308 e. The van der Waals surface area contributed by atoms with Gasteiger partial charge in [0, 0.05) is 24.4 Å². The molecule has 0 bridgehead atoms. The van der Waals surface area contributed by atoms with Crippen molar-refractivity contribution in [2.45, 2.75) is 26.3 Å². The number of nitriles is 1. The summed E-state index contributed by atoms with van der Waals surface area (Å²) in [5.41, 5.74) is 0.710. The fourth-order valence-electron chi connectivity index (χ4n) is 1.97. The van der Waals surface area contributed by atoms with Crippen LogP contribution in [0.15, 0.2) is 30.5 Å². The highest BCUT2D eigenvalue weighted by molar-refractivity contribution is 5.92. The molecule has 8 nitrogen and oxygen atoms in total. The number of benzene rings is 1. The zero-order chi connectivity index (χ0) is 17.0. The third-order valence-electron chi connectivity index (χ3n) is 3.13. The molecule has 1 aromatic carbocycles. The van der Waals surface area contributed by atoms with E-state index in [-0.39, 0.29) is 29.5 Å². The molecule has 0 saturated carbocycles. The normalized spacial score (nSPS) is 10.3. The van der Waals surface area contributed by atoms with Crippen LogP contribution in [0.25, 0.3) is 0 Å². The van der Waals surface area contributed by atoms with Gasteiger partial charge in [-0.15, -0.1) is 0 Å². The number of carbonyl (C=O) groups is 1. The van der Waals surface area contributed by atoms with E-state index in [1.54, 1.807) is 16.9 Å². The Hall–Kier alpha value is -3.21. The summed E-state index contributed by atoms with van der Waals surface area (Å²) in [6, 6.07) is 7.89. The topological polar surface area (TPSA) is 114 Å². The first-order valence-electron chi connectivity index (χ1n) is 6.93. The molecule has 2 aromatic rings. The highest BCUT2D eigenvalue weighted by atomic mass is 16.6. The van der Waals surface area contributed by atoms with Gasteiger partial charge >= 0.3 is 0 Å². The third kappa shape index (κ3) is 3.91. The summed E-state index contributed by atoms with van der Waals surface area (Å²) in [6.45, 7) is 3.81. The lowest BCUT2D eigenvalue weighted by Gasteiger charge is -2.05. The Kier molecular flexibility index (Phi) is 4.71. The van der Waals surface area contributed by atoms with Gasteiger partial charge in [0.25, 0.3) is 5.69 Å². The molecular formula is C15H15N5O3. The number of non-ortho nitro benzene ring substituents is 1. The van der Waals surface area contributed by atoms with Crippen molar-refractivity contribution in [1.29, 1.82) is 5.26 Å². The highest BCUT2D eigenvalue weighted by Crippen LogP contribution is 2.17. The van der Waals surface area contributed by atoms with Crippen LogP contribution in [0.1, 0.15) is 31.0 Å². The van der Waals surface area contributed by atoms with Gasteiger partial charge in [-0.3, -0.25) is 19.6 Å². The molecule has 23 heavy (non-hydrogen) atoms. The quantitative estimate of drug-likeness (QED) is 0.672. The zero-order valence-electron chi connectivity index (χ0n) is 12.7. The molecule has 0 radical (unpaired) electrons. The molecule has 1 aromatic heterocycles. The Balaban J connectivity index is 2.12. The smallest absolute Gasteiger partial charge is 0.269 e. The van der Waals surface area contributed by atoms with Gasteiger partial charge in [0.1, 0.15) is 11.6 Å². The van der Waals surface area contributed by atoms with E-state index >= 15 is 0 Å². The summed E-state index contributed by atoms with van der Waals surface area (Å²) in [6.07, 6.45) is 1.52. The molecule has 0 aliphatic heterocycles. The second kappa shape index (κ2) is 6.70. The average Bonchev–Trinajstić information content (AvgIpc) is 2.90. The van der Waals surface area contributed by atoms with Crippen molar-refractivity contribution in [3.8, 4) is 6.07 Å². The molecule has 0 aliphatic carbocycles. The van der Waals surface area contributed by atoms with Crippen LogP contribution in [0.5, 0.6) is 0 Å². The van der Waals surface area contributed by atoms with Crippen molar-refractivity contribution in [3.63, 3.8) is 0 Å². The number of rotatable bonds is 5. The van der Waals surface area contributed by atoms with E-state index in [1.165, 1.54) is 18.2 Å². The van der Waals surface area contributed by atoms with E-state index in [9.17, 15) is 14.9 Å². The fourth-order valence-corrected chi connectivity index (χ4v) is 1.97. The Morgan fingerprint density at radius 2 is 2.26 bits per heavy atom. The van der Waals surface area contributed by atoms with Gasteiger partial charge in [-0.25, -0.2) is 0 Å². The van der Waals surface area contributed by atoms with Crippen molar-refractivity contribution >= 4 is 17.4 Å². The molecule has 1 heterocycles. The second-order valence-electron chi connectivity index (χ2n) is 5.23. The monoisotopic (exact) mass is 313 g/mol. The Morgan fingerprint density at radius 1 is 1.52 bits per heavy atom. The minimum atomic E-state index is -0.514. The van der Waals surface area contributed by atoms with E-state index in [1.807, 2.05) is 19.9 Å². The minimum absolute atomic E-state index is 0.0406. The van der Waals surface area contributed by atoms with Crippen LogP contribution in [0, 0.1) is 21.4 Å². The number of carbonyl (C=O) groups excluding carboxylic acids is 1. The molecule has 0 atom stereocenters. The van der Waals surface area contributed by atoms with E-state index < -0.39 is 10.8 Å². The van der Waals surface area contributed by atoms with E-state index in [0.717, 1.165) is 0 Å². The first-order chi connectivity index (χ1) is 10.9. The lowest BCUT2D eigenvalue weighted by molar-refractivity contribution is -0.384. The number of nitrogens with zero attached hydrogens (tertiary/aromatic N) is 4. The van der Waals surface area contributed by atoms with Crippen LogP contribution >= 0.6 is 0 Å². The summed E-state index contributed by atoms with van der Waals surface area (Å²) >= 11 is 0. The number of amides is 1. The van der Waals surface area contributed by atoms with Crippen LogP contribution in [0.2, 0.25) is 0 Å². The SMILES string of the molecule is CC(C)n1cc(C#N)c(NC(=O)Cc2cccc([N+](=O)[O-])c2)n1. The number of hydrogen-bond donors (Lipinski definition) is 1. The van der Waals surface area contributed by atoms with Crippen LogP contribution in [0.3, 0.4) is 0 Å². The van der Waals surface area contributed by atoms with Crippen LogP contribution in [-0.2, 0) is 11.2 Å². The van der Waals surface area contributed by atoms with Gasteiger partial charge < -0.3 is 5.32 Å². The maximum Gasteiger partial charge on any atom is 0.269 e. The standard InChI is InChI=1S/C15H15N5O3/c1-10(2)19-9-12(8-16)15(18-19)17-14(21)7-11-4-3-5-13(6-11)20(22)23/h3-6,9-10H,7H2,1-2H3,(H,17,18,21). The number of anilines is 1. The molecule has 0 aliphatic rings. The van der Waals surface area contributed by atoms with Crippen molar-refractivity contribution < 1.29 is 9.72 Å². The predicted molar refractivity (Wildman–Crippen MR) is 82.8 cm³/mol. The van der Waals surface area contributed by atoms with E-state index in [0.29, 0.717) is 5.56 Å². The fraction of sp³-hybridized carbons (Fsp3) is 0.267. The third-order valence-corrected chi connectivity index (χ3v) is 3.13. The Labute approximate surface area is 132 Å². The maximum absolute atomic E-state index is 12.1. The molecule has 118 valence electrons.